The number of ether oxygens (including phenoxy) is 2. The van der Waals surface area contributed by atoms with E-state index in [1.807, 2.05) is 24.3 Å². The molecule has 146 valence electrons. The second kappa shape index (κ2) is 9.25. The number of aliphatic imine (C=N–C) groups is 1. The molecule has 0 amide bonds. The molecule has 0 bridgehead atoms. The van der Waals surface area contributed by atoms with E-state index in [0.29, 0.717) is 19.0 Å². The SMILES string of the molecule is CN=C(NCc1ccc2c(c1)OCO2)NCC(C)(C)c1cccc(F)c1.I. The molecule has 0 unspecified atom stereocenters. The highest BCUT2D eigenvalue weighted by molar-refractivity contribution is 14.0. The Bertz CT molecular complexity index is 812. The number of hydrogen-bond donors (Lipinski definition) is 2. The molecule has 2 aromatic rings. The average molecular weight is 485 g/mol. The molecule has 1 aliphatic heterocycles. The number of benzene rings is 2. The Labute approximate surface area is 176 Å². The van der Waals surface area contributed by atoms with Crippen LogP contribution < -0.4 is 20.1 Å². The van der Waals surface area contributed by atoms with E-state index < -0.39 is 0 Å². The van der Waals surface area contributed by atoms with E-state index in [4.69, 9.17) is 9.47 Å². The summed E-state index contributed by atoms with van der Waals surface area (Å²) >= 11 is 0. The van der Waals surface area contributed by atoms with Crippen molar-refractivity contribution in [3.05, 3.63) is 59.4 Å². The molecule has 0 fully saturated rings. The van der Waals surface area contributed by atoms with Gasteiger partial charge in [-0.1, -0.05) is 32.0 Å². The van der Waals surface area contributed by atoms with Crippen LogP contribution in [0.1, 0.15) is 25.0 Å². The van der Waals surface area contributed by atoms with Gasteiger partial charge in [-0.15, -0.1) is 24.0 Å². The summed E-state index contributed by atoms with van der Waals surface area (Å²) in [6.45, 7) is 5.64. The van der Waals surface area contributed by atoms with Crippen molar-refractivity contribution < 1.29 is 13.9 Å². The van der Waals surface area contributed by atoms with Gasteiger partial charge in [0.2, 0.25) is 6.79 Å². The molecule has 1 aliphatic rings. The van der Waals surface area contributed by atoms with Crippen LogP contribution in [0.3, 0.4) is 0 Å². The van der Waals surface area contributed by atoms with Crippen LogP contribution in [0.2, 0.25) is 0 Å². The van der Waals surface area contributed by atoms with Gasteiger partial charge in [0.15, 0.2) is 17.5 Å². The molecule has 0 saturated heterocycles. The summed E-state index contributed by atoms with van der Waals surface area (Å²) in [4.78, 5) is 4.25. The lowest BCUT2D eigenvalue weighted by Crippen LogP contribution is -2.43. The van der Waals surface area contributed by atoms with Crippen LogP contribution in [-0.2, 0) is 12.0 Å². The average Bonchev–Trinajstić information content (AvgIpc) is 3.09. The first-order valence-electron chi connectivity index (χ1n) is 8.57. The Kier molecular flexibility index (Phi) is 7.29. The number of rotatable bonds is 5. The van der Waals surface area contributed by atoms with Crippen LogP contribution in [0.5, 0.6) is 11.5 Å². The predicted molar refractivity (Wildman–Crippen MR) is 116 cm³/mol. The third kappa shape index (κ3) is 5.47. The molecule has 2 aromatic carbocycles. The Morgan fingerprint density at radius 3 is 2.63 bits per heavy atom. The third-order valence-corrected chi connectivity index (χ3v) is 4.42. The number of guanidine groups is 1. The van der Waals surface area contributed by atoms with Crippen molar-refractivity contribution >= 4 is 29.9 Å². The van der Waals surface area contributed by atoms with Crippen molar-refractivity contribution in [3.8, 4) is 11.5 Å². The quantitative estimate of drug-likeness (QED) is 0.384. The van der Waals surface area contributed by atoms with Gasteiger partial charge in [-0.2, -0.15) is 0 Å². The fourth-order valence-corrected chi connectivity index (χ4v) is 2.77. The number of halogens is 2. The van der Waals surface area contributed by atoms with Crippen LogP contribution >= 0.6 is 24.0 Å². The van der Waals surface area contributed by atoms with Gasteiger partial charge >= 0.3 is 0 Å². The molecule has 5 nitrogen and oxygen atoms in total. The number of fused-ring (bicyclic) bond motifs is 1. The fraction of sp³-hybridized carbons (Fsp3) is 0.350. The largest absolute Gasteiger partial charge is 0.454 e. The zero-order valence-corrected chi connectivity index (χ0v) is 18.0. The molecular formula is C20H25FIN3O2. The maximum atomic E-state index is 13.5. The Morgan fingerprint density at radius 2 is 1.89 bits per heavy atom. The summed E-state index contributed by atoms with van der Waals surface area (Å²) in [5, 5.41) is 6.59. The normalized spacial score (nSPS) is 13.1. The van der Waals surface area contributed by atoms with Gasteiger partial charge in [0.1, 0.15) is 5.82 Å². The molecule has 3 rings (SSSR count). The van der Waals surface area contributed by atoms with E-state index in [9.17, 15) is 4.39 Å². The highest BCUT2D eigenvalue weighted by Crippen LogP contribution is 2.32. The van der Waals surface area contributed by atoms with E-state index >= 15 is 0 Å². The minimum atomic E-state index is -0.238. The lowest BCUT2D eigenvalue weighted by atomic mass is 9.84. The Hall–Kier alpha value is -2.03. The van der Waals surface area contributed by atoms with Crippen molar-refractivity contribution in [2.24, 2.45) is 4.99 Å². The third-order valence-electron chi connectivity index (χ3n) is 4.42. The first-order valence-corrected chi connectivity index (χ1v) is 8.57. The summed E-state index contributed by atoms with van der Waals surface area (Å²) in [5.74, 6) is 2.00. The zero-order valence-electron chi connectivity index (χ0n) is 15.7. The molecule has 0 spiro atoms. The molecule has 0 aliphatic carbocycles. The first kappa shape index (κ1) is 21.3. The minimum absolute atomic E-state index is 0. The van der Waals surface area contributed by atoms with E-state index in [1.54, 1.807) is 19.2 Å². The van der Waals surface area contributed by atoms with Crippen molar-refractivity contribution in [1.29, 1.82) is 0 Å². The number of nitrogens with zero attached hydrogens (tertiary/aromatic N) is 1. The summed E-state index contributed by atoms with van der Waals surface area (Å²) < 4.78 is 24.2. The first-order chi connectivity index (χ1) is 12.5. The smallest absolute Gasteiger partial charge is 0.231 e. The highest BCUT2D eigenvalue weighted by Gasteiger charge is 2.21. The fourth-order valence-electron chi connectivity index (χ4n) is 2.77. The van der Waals surface area contributed by atoms with E-state index in [1.165, 1.54) is 6.07 Å². The van der Waals surface area contributed by atoms with Gasteiger partial charge in [-0.3, -0.25) is 4.99 Å². The van der Waals surface area contributed by atoms with E-state index in [-0.39, 0.29) is 42.0 Å². The molecule has 0 radical (unpaired) electrons. The maximum Gasteiger partial charge on any atom is 0.231 e. The number of hydrogen-bond acceptors (Lipinski definition) is 3. The molecule has 0 aromatic heterocycles. The molecule has 2 N–H and O–H groups in total. The Morgan fingerprint density at radius 1 is 1.11 bits per heavy atom. The van der Waals surface area contributed by atoms with Gasteiger partial charge < -0.3 is 20.1 Å². The summed E-state index contributed by atoms with van der Waals surface area (Å²) in [5.41, 5.74) is 1.77. The molecular weight excluding hydrogens is 460 g/mol. The van der Waals surface area contributed by atoms with Gasteiger partial charge in [0.25, 0.3) is 0 Å². The molecule has 0 saturated carbocycles. The maximum absolute atomic E-state index is 13.5. The molecule has 0 atom stereocenters. The molecule has 7 heteroatoms. The van der Waals surface area contributed by atoms with Crippen LogP contribution in [-0.4, -0.2) is 26.3 Å². The van der Waals surface area contributed by atoms with Crippen LogP contribution in [0.4, 0.5) is 4.39 Å². The van der Waals surface area contributed by atoms with Gasteiger partial charge in [-0.05, 0) is 35.4 Å². The Balaban J connectivity index is 0.00000261. The lowest BCUT2D eigenvalue weighted by Gasteiger charge is -2.27. The van der Waals surface area contributed by atoms with E-state index in [0.717, 1.165) is 22.6 Å². The van der Waals surface area contributed by atoms with Crippen molar-refractivity contribution in [1.82, 2.24) is 10.6 Å². The number of nitrogens with one attached hydrogen (secondary N) is 2. The monoisotopic (exact) mass is 485 g/mol. The van der Waals surface area contributed by atoms with Crippen LogP contribution in [0, 0.1) is 5.82 Å². The van der Waals surface area contributed by atoms with Gasteiger partial charge in [-0.25, -0.2) is 4.39 Å². The van der Waals surface area contributed by atoms with Gasteiger partial charge in [0.05, 0.1) is 0 Å². The summed E-state index contributed by atoms with van der Waals surface area (Å²) in [7, 11) is 1.73. The molecule has 27 heavy (non-hydrogen) atoms. The predicted octanol–water partition coefficient (Wildman–Crippen LogP) is 3.82. The zero-order chi connectivity index (χ0) is 18.6. The summed E-state index contributed by atoms with van der Waals surface area (Å²) in [6.07, 6.45) is 0. The molecule has 1 heterocycles. The topological polar surface area (TPSA) is 54.9 Å². The standard InChI is InChI=1S/C20H24FN3O2.HI/c1-20(2,15-5-4-6-16(21)10-15)12-24-19(22-3)23-11-14-7-8-17-18(9-14)26-13-25-17;/h4-10H,11-13H2,1-3H3,(H2,22,23,24);1H. The lowest BCUT2D eigenvalue weighted by molar-refractivity contribution is 0.174. The van der Waals surface area contributed by atoms with Crippen molar-refractivity contribution in [2.75, 3.05) is 20.4 Å². The highest BCUT2D eigenvalue weighted by atomic mass is 127. The van der Waals surface area contributed by atoms with E-state index in [2.05, 4.69) is 29.5 Å². The van der Waals surface area contributed by atoms with Crippen LogP contribution in [0.25, 0.3) is 0 Å². The van der Waals surface area contributed by atoms with Crippen molar-refractivity contribution in [3.63, 3.8) is 0 Å². The second-order valence-corrected chi connectivity index (χ2v) is 6.86. The van der Waals surface area contributed by atoms with Crippen LogP contribution in [0.15, 0.2) is 47.5 Å². The summed E-state index contributed by atoms with van der Waals surface area (Å²) in [6, 6.07) is 12.6. The van der Waals surface area contributed by atoms with Gasteiger partial charge in [0, 0.05) is 25.6 Å². The second-order valence-electron chi connectivity index (χ2n) is 6.86. The minimum Gasteiger partial charge on any atom is -0.454 e. The van der Waals surface area contributed by atoms with Crippen molar-refractivity contribution in [2.45, 2.75) is 25.8 Å².